The number of aryl methyl sites for hydroxylation is 2. The normalized spacial score (nSPS) is 11.4. The molecule has 0 saturated carbocycles. The van der Waals surface area contributed by atoms with Crippen LogP contribution < -0.4 is 11.3 Å². The van der Waals surface area contributed by atoms with Crippen LogP contribution in [0.25, 0.3) is 21.8 Å². The second-order valence-corrected chi connectivity index (χ2v) is 4.11. The van der Waals surface area contributed by atoms with Gasteiger partial charge in [0, 0.05) is 19.5 Å². The summed E-state index contributed by atoms with van der Waals surface area (Å²) in [5.74, 6) is 0.286. The zero-order valence-electron chi connectivity index (χ0n) is 9.64. The SMILES string of the molecule is Cn1nc(N)c2c(=O)n(C)c3ccccc3c21. The topological polar surface area (TPSA) is 65.8 Å². The smallest absolute Gasteiger partial charge is 0.264 e. The molecule has 2 aromatic heterocycles. The van der Waals surface area contributed by atoms with Gasteiger partial charge in [-0.2, -0.15) is 5.10 Å². The number of anilines is 1. The first-order chi connectivity index (χ1) is 8.11. The Morgan fingerprint density at radius 2 is 1.94 bits per heavy atom. The number of rotatable bonds is 0. The number of hydrogen-bond donors (Lipinski definition) is 1. The molecule has 0 atom stereocenters. The van der Waals surface area contributed by atoms with E-state index in [1.807, 2.05) is 24.3 Å². The Bertz CT molecular complexity index is 797. The number of aromatic nitrogens is 3. The van der Waals surface area contributed by atoms with Gasteiger partial charge in [-0.25, -0.2) is 0 Å². The van der Waals surface area contributed by atoms with E-state index in [-0.39, 0.29) is 11.4 Å². The lowest BCUT2D eigenvalue weighted by molar-refractivity contribution is 0.804. The lowest BCUT2D eigenvalue weighted by Gasteiger charge is -2.06. The van der Waals surface area contributed by atoms with Crippen molar-refractivity contribution < 1.29 is 0 Å². The quantitative estimate of drug-likeness (QED) is 0.624. The monoisotopic (exact) mass is 228 g/mol. The average molecular weight is 228 g/mol. The van der Waals surface area contributed by atoms with Crippen molar-refractivity contribution in [1.29, 1.82) is 0 Å². The highest BCUT2D eigenvalue weighted by atomic mass is 16.1. The van der Waals surface area contributed by atoms with Gasteiger partial charge in [-0.05, 0) is 6.07 Å². The van der Waals surface area contributed by atoms with E-state index in [9.17, 15) is 4.79 Å². The Morgan fingerprint density at radius 3 is 2.71 bits per heavy atom. The van der Waals surface area contributed by atoms with Crippen molar-refractivity contribution >= 4 is 27.6 Å². The summed E-state index contributed by atoms with van der Waals surface area (Å²) in [5, 5.41) is 5.60. The van der Waals surface area contributed by atoms with Crippen molar-refractivity contribution in [1.82, 2.24) is 14.3 Å². The van der Waals surface area contributed by atoms with Crippen molar-refractivity contribution in [3.05, 3.63) is 34.6 Å². The van der Waals surface area contributed by atoms with E-state index in [1.165, 1.54) is 0 Å². The molecule has 0 aliphatic heterocycles. The minimum atomic E-state index is -0.107. The predicted octanol–water partition coefficient (Wildman–Crippen LogP) is 1.01. The van der Waals surface area contributed by atoms with Gasteiger partial charge in [0.1, 0.15) is 5.39 Å². The van der Waals surface area contributed by atoms with Crippen molar-refractivity contribution in [2.45, 2.75) is 0 Å². The molecule has 2 heterocycles. The minimum absolute atomic E-state index is 0.107. The summed E-state index contributed by atoms with van der Waals surface area (Å²) < 4.78 is 3.27. The van der Waals surface area contributed by atoms with E-state index in [1.54, 1.807) is 23.3 Å². The third kappa shape index (κ3) is 1.13. The Hall–Kier alpha value is -2.30. The molecule has 0 unspecified atom stereocenters. The van der Waals surface area contributed by atoms with E-state index < -0.39 is 0 Å². The first kappa shape index (κ1) is 9.89. The number of pyridine rings is 1. The highest BCUT2D eigenvalue weighted by molar-refractivity contribution is 6.06. The van der Waals surface area contributed by atoms with E-state index in [2.05, 4.69) is 5.10 Å². The number of nitrogen functional groups attached to an aromatic ring is 1. The maximum Gasteiger partial charge on any atom is 0.264 e. The number of benzene rings is 1. The van der Waals surface area contributed by atoms with Crippen molar-refractivity contribution in [2.24, 2.45) is 14.1 Å². The summed E-state index contributed by atoms with van der Waals surface area (Å²) in [7, 11) is 3.54. The minimum Gasteiger partial charge on any atom is -0.382 e. The zero-order chi connectivity index (χ0) is 12.2. The molecule has 0 saturated heterocycles. The Kier molecular flexibility index (Phi) is 1.80. The molecule has 0 amide bonds. The molecular formula is C12H12N4O. The van der Waals surface area contributed by atoms with Crippen LogP contribution in [-0.4, -0.2) is 14.3 Å². The highest BCUT2D eigenvalue weighted by Crippen LogP contribution is 2.24. The molecule has 0 aliphatic carbocycles. The van der Waals surface area contributed by atoms with Crippen molar-refractivity contribution in [2.75, 3.05) is 5.73 Å². The Balaban J connectivity index is 2.78. The molecule has 0 spiro atoms. The Morgan fingerprint density at radius 1 is 1.24 bits per heavy atom. The second-order valence-electron chi connectivity index (χ2n) is 4.11. The molecule has 3 aromatic rings. The fourth-order valence-corrected chi connectivity index (χ4v) is 2.31. The summed E-state index contributed by atoms with van der Waals surface area (Å²) in [6, 6.07) is 7.74. The van der Waals surface area contributed by atoms with E-state index >= 15 is 0 Å². The van der Waals surface area contributed by atoms with Crippen LogP contribution in [0.4, 0.5) is 5.82 Å². The van der Waals surface area contributed by atoms with Gasteiger partial charge in [-0.15, -0.1) is 0 Å². The van der Waals surface area contributed by atoms with Crippen LogP contribution in [0.15, 0.2) is 29.1 Å². The number of para-hydroxylation sites is 1. The van der Waals surface area contributed by atoms with Crippen molar-refractivity contribution in [3.8, 4) is 0 Å². The molecule has 5 nitrogen and oxygen atoms in total. The van der Waals surface area contributed by atoms with Gasteiger partial charge < -0.3 is 10.3 Å². The number of nitrogens with two attached hydrogens (primary N) is 1. The molecule has 86 valence electrons. The van der Waals surface area contributed by atoms with Gasteiger partial charge in [-0.1, -0.05) is 18.2 Å². The molecule has 17 heavy (non-hydrogen) atoms. The summed E-state index contributed by atoms with van der Waals surface area (Å²) in [5.41, 5.74) is 7.36. The molecule has 0 bridgehead atoms. The van der Waals surface area contributed by atoms with Crippen LogP contribution in [-0.2, 0) is 14.1 Å². The first-order valence-electron chi connectivity index (χ1n) is 5.31. The Labute approximate surface area is 97.1 Å². The molecule has 0 radical (unpaired) electrons. The zero-order valence-corrected chi connectivity index (χ0v) is 9.64. The number of nitrogens with zero attached hydrogens (tertiary/aromatic N) is 3. The summed E-state index contributed by atoms with van der Waals surface area (Å²) in [6.07, 6.45) is 0. The molecule has 0 aliphatic rings. The number of fused-ring (bicyclic) bond motifs is 3. The van der Waals surface area contributed by atoms with Crippen LogP contribution in [0.5, 0.6) is 0 Å². The van der Waals surface area contributed by atoms with Crippen LogP contribution in [0.1, 0.15) is 0 Å². The van der Waals surface area contributed by atoms with Crippen LogP contribution in [0.3, 0.4) is 0 Å². The van der Waals surface area contributed by atoms with E-state index in [0.717, 1.165) is 16.4 Å². The molecular weight excluding hydrogens is 216 g/mol. The highest BCUT2D eigenvalue weighted by Gasteiger charge is 2.15. The van der Waals surface area contributed by atoms with Gasteiger partial charge in [-0.3, -0.25) is 9.48 Å². The lowest BCUT2D eigenvalue weighted by atomic mass is 10.1. The third-order valence-corrected chi connectivity index (χ3v) is 3.11. The maximum absolute atomic E-state index is 12.2. The largest absolute Gasteiger partial charge is 0.382 e. The van der Waals surface area contributed by atoms with Gasteiger partial charge in [0.2, 0.25) is 0 Å². The summed E-state index contributed by atoms with van der Waals surface area (Å²) >= 11 is 0. The standard InChI is InChI=1S/C12H12N4O/c1-15-8-6-4-3-5-7(8)10-9(12(15)17)11(13)14-16(10)2/h3-6H,1-2H3,(H2,13,14). The lowest BCUT2D eigenvalue weighted by Crippen LogP contribution is -2.17. The van der Waals surface area contributed by atoms with Crippen molar-refractivity contribution in [3.63, 3.8) is 0 Å². The average Bonchev–Trinajstić information content (AvgIpc) is 2.62. The van der Waals surface area contributed by atoms with Crippen LogP contribution in [0.2, 0.25) is 0 Å². The van der Waals surface area contributed by atoms with Gasteiger partial charge in [0.15, 0.2) is 5.82 Å². The number of hydrogen-bond acceptors (Lipinski definition) is 3. The summed E-state index contributed by atoms with van der Waals surface area (Å²) in [4.78, 5) is 12.2. The van der Waals surface area contributed by atoms with E-state index in [4.69, 9.17) is 5.73 Å². The van der Waals surface area contributed by atoms with Crippen LogP contribution in [0, 0.1) is 0 Å². The van der Waals surface area contributed by atoms with Gasteiger partial charge in [0.05, 0.1) is 11.0 Å². The summed E-state index contributed by atoms with van der Waals surface area (Å²) in [6.45, 7) is 0. The van der Waals surface area contributed by atoms with E-state index in [0.29, 0.717) is 5.39 Å². The first-order valence-corrected chi connectivity index (χ1v) is 5.31. The van der Waals surface area contributed by atoms with Gasteiger partial charge >= 0.3 is 0 Å². The fraction of sp³-hybridized carbons (Fsp3) is 0.167. The molecule has 5 heteroatoms. The second kappa shape index (κ2) is 3.10. The molecule has 3 rings (SSSR count). The maximum atomic E-state index is 12.2. The fourth-order valence-electron chi connectivity index (χ4n) is 2.31. The predicted molar refractivity (Wildman–Crippen MR) is 67.9 cm³/mol. The molecule has 2 N–H and O–H groups in total. The molecule has 0 fully saturated rings. The third-order valence-electron chi connectivity index (χ3n) is 3.11. The van der Waals surface area contributed by atoms with Crippen LogP contribution >= 0.6 is 0 Å². The van der Waals surface area contributed by atoms with Gasteiger partial charge in [0.25, 0.3) is 5.56 Å². The molecule has 1 aromatic carbocycles.